The van der Waals surface area contributed by atoms with E-state index in [2.05, 4.69) is 5.10 Å². The molecule has 0 amide bonds. The van der Waals surface area contributed by atoms with Gasteiger partial charge in [-0.15, -0.1) is 0 Å². The van der Waals surface area contributed by atoms with Gasteiger partial charge in [0.2, 0.25) is 0 Å². The molecule has 0 atom stereocenters. The van der Waals surface area contributed by atoms with E-state index >= 15 is 0 Å². The van der Waals surface area contributed by atoms with Crippen molar-refractivity contribution in [3.63, 3.8) is 0 Å². The molecule has 2 aromatic carbocycles. The van der Waals surface area contributed by atoms with E-state index < -0.39 is 0 Å². The van der Waals surface area contributed by atoms with E-state index in [-0.39, 0.29) is 11.6 Å². The Morgan fingerprint density at radius 3 is 2.57 bits per heavy atom. The standard InChI is InChI=1S/C19H15FN2O/c20-18-9-7-17(8-10-18)19(23)11-6-16-12-21-22(14-16)13-15-4-2-1-3-5-15/h1-12,14H,13H2/b11-6+. The highest BCUT2D eigenvalue weighted by Gasteiger charge is 2.02. The molecule has 0 unspecified atom stereocenters. The number of aromatic nitrogens is 2. The van der Waals surface area contributed by atoms with Gasteiger partial charge in [0, 0.05) is 17.3 Å². The number of allylic oxidation sites excluding steroid dienone is 1. The zero-order valence-corrected chi connectivity index (χ0v) is 12.4. The highest BCUT2D eigenvalue weighted by molar-refractivity contribution is 6.06. The third-order valence-corrected chi connectivity index (χ3v) is 3.40. The van der Waals surface area contributed by atoms with Crippen LogP contribution in [0.25, 0.3) is 6.08 Å². The van der Waals surface area contributed by atoms with Gasteiger partial charge in [-0.25, -0.2) is 4.39 Å². The Hall–Kier alpha value is -3.01. The maximum atomic E-state index is 12.8. The molecule has 23 heavy (non-hydrogen) atoms. The van der Waals surface area contributed by atoms with Crippen LogP contribution in [0, 0.1) is 5.82 Å². The highest BCUT2D eigenvalue weighted by atomic mass is 19.1. The van der Waals surface area contributed by atoms with Crippen LogP contribution in [0.15, 0.2) is 73.1 Å². The lowest BCUT2D eigenvalue weighted by atomic mass is 10.1. The molecular weight excluding hydrogens is 291 g/mol. The quantitative estimate of drug-likeness (QED) is 0.528. The molecule has 0 bridgehead atoms. The zero-order valence-electron chi connectivity index (χ0n) is 12.4. The number of carbonyl (C=O) groups excluding carboxylic acids is 1. The van der Waals surface area contributed by atoms with Crippen molar-refractivity contribution in [3.8, 4) is 0 Å². The Bertz CT molecular complexity index is 820. The summed E-state index contributed by atoms with van der Waals surface area (Å²) in [5, 5.41) is 4.28. The molecule has 0 saturated carbocycles. The second-order valence-electron chi connectivity index (χ2n) is 5.16. The number of nitrogens with zero attached hydrogens (tertiary/aromatic N) is 2. The van der Waals surface area contributed by atoms with E-state index in [1.807, 2.05) is 41.2 Å². The van der Waals surface area contributed by atoms with Gasteiger partial charge in [-0.05, 0) is 42.0 Å². The van der Waals surface area contributed by atoms with E-state index in [1.54, 1.807) is 12.3 Å². The van der Waals surface area contributed by atoms with Crippen LogP contribution in [0.2, 0.25) is 0 Å². The lowest BCUT2D eigenvalue weighted by Crippen LogP contribution is -1.99. The van der Waals surface area contributed by atoms with Gasteiger partial charge in [0.05, 0.1) is 12.7 Å². The minimum Gasteiger partial charge on any atom is -0.289 e. The second-order valence-corrected chi connectivity index (χ2v) is 5.16. The number of benzene rings is 2. The summed E-state index contributed by atoms with van der Waals surface area (Å²) in [4.78, 5) is 12.0. The first kappa shape index (κ1) is 14.9. The predicted molar refractivity (Wildman–Crippen MR) is 87.5 cm³/mol. The van der Waals surface area contributed by atoms with Crippen molar-refractivity contribution in [2.24, 2.45) is 0 Å². The Morgan fingerprint density at radius 1 is 1.09 bits per heavy atom. The number of hydrogen-bond acceptors (Lipinski definition) is 2. The first-order chi connectivity index (χ1) is 11.2. The highest BCUT2D eigenvalue weighted by Crippen LogP contribution is 2.08. The maximum absolute atomic E-state index is 12.8. The fourth-order valence-electron chi connectivity index (χ4n) is 2.20. The van der Waals surface area contributed by atoms with Crippen LogP contribution in [-0.2, 0) is 6.54 Å². The minimum atomic E-state index is -0.354. The molecule has 3 aromatic rings. The first-order valence-electron chi connectivity index (χ1n) is 7.25. The van der Waals surface area contributed by atoms with E-state index in [1.165, 1.54) is 30.3 Å². The van der Waals surface area contributed by atoms with Crippen LogP contribution in [-0.4, -0.2) is 15.6 Å². The predicted octanol–water partition coefficient (Wildman–Crippen LogP) is 3.97. The summed E-state index contributed by atoms with van der Waals surface area (Å²) in [5.74, 6) is -0.520. The molecular formula is C19H15FN2O. The van der Waals surface area contributed by atoms with Gasteiger partial charge in [-0.2, -0.15) is 5.10 Å². The summed E-state index contributed by atoms with van der Waals surface area (Å²) in [6.07, 6.45) is 6.76. The van der Waals surface area contributed by atoms with Crippen molar-refractivity contribution < 1.29 is 9.18 Å². The molecule has 0 fully saturated rings. The molecule has 0 aliphatic carbocycles. The van der Waals surface area contributed by atoms with Crippen molar-refractivity contribution in [1.82, 2.24) is 9.78 Å². The second kappa shape index (κ2) is 6.83. The van der Waals surface area contributed by atoms with Crippen LogP contribution in [0.5, 0.6) is 0 Å². The average Bonchev–Trinajstić information content (AvgIpc) is 3.02. The molecule has 114 valence electrons. The molecule has 1 heterocycles. The minimum absolute atomic E-state index is 0.166. The van der Waals surface area contributed by atoms with E-state index in [9.17, 15) is 9.18 Å². The van der Waals surface area contributed by atoms with Gasteiger partial charge < -0.3 is 0 Å². The summed E-state index contributed by atoms with van der Waals surface area (Å²) in [6, 6.07) is 15.5. The van der Waals surface area contributed by atoms with Crippen LogP contribution in [0.1, 0.15) is 21.5 Å². The molecule has 0 spiro atoms. The van der Waals surface area contributed by atoms with Crippen molar-refractivity contribution in [1.29, 1.82) is 0 Å². The number of carbonyl (C=O) groups is 1. The Morgan fingerprint density at radius 2 is 1.83 bits per heavy atom. The fraction of sp³-hybridized carbons (Fsp3) is 0.0526. The van der Waals surface area contributed by atoms with Crippen LogP contribution < -0.4 is 0 Å². The van der Waals surface area contributed by atoms with Crippen molar-refractivity contribution in [2.45, 2.75) is 6.54 Å². The van der Waals surface area contributed by atoms with Crippen molar-refractivity contribution >= 4 is 11.9 Å². The van der Waals surface area contributed by atoms with Gasteiger partial charge in [0.15, 0.2) is 5.78 Å². The molecule has 4 heteroatoms. The zero-order chi connectivity index (χ0) is 16.1. The van der Waals surface area contributed by atoms with E-state index in [4.69, 9.17) is 0 Å². The number of ketones is 1. The van der Waals surface area contributed by atoms with Gasteiger partial charge in [0.25, 0.3) is 0 Å². The molecule has 3 rings (SSSR count). The molecule has 1 aromatic heterocycles. The van der Waals surface area contributed by atoms with Gasteiger partial charge in [0.1, 0.15) is 5.82 Å². The number of rotatable bonds is 5. The number of hydrogen-bond donors (Lipinski definition) is 0. The lowest BCUT2D eigenvalue weighted by Gasteiger charge is -2.00. The van der Waals surface area contributed by atoms with Crippen LogP contribution >= 0.6 is 0 Å². The number of halogens is 1. The monoisotopic (exact) mass is 306 g/mol. The smallest absolute Gasteiger partial charge is 0.185 e. The molecule has 0 N–H and O–H groups in total. The van der Waals surface area contributed by atoms with Crippen molar-refractivity contribution in [3.05, 3.63) is 95.6 Å². The summed E-state index contributed by atoms with van der Waals surface area (Å²) in [5.41, 5.74) is 2.46. The fourth-order valence-corrected chi connectivity index (χ4v) is 2.20. The van der Waals surface area contributed by atoms with E-state index in [0.717, 1.165) is 11.1 Å². The molecule has 3 nitrogen and oxygen atoms in total. The lowest BCUT2D eigenvalue weighted by molar-refractivity contribution is 0.104. The third-order valence-electron chi connectivity index (χ3n) is 3.40. The summed E-state index contributed by atoms with van der Waals surface area (Å²) >= 11 is 0. The summed E-state index contributed by atoms with van der Waals surface area (Å²) in [7, 11) is 0. The molecule has 0 aliphatic heterocycles. The maximum Gasteiger partial charge on any atom is 0.185 e. The summed E-state index contributed by atoms with van der Waals surface area (Å²) < 4.78 is 14.7. The van der Waals surface area contributed by atoms with Crippen molar-refractivity contribution in [2.75, 3.05) is 0 Å². The van der Waals surface area contributed by atoms with Gasteiger partial charge >= 0.3 is 0 Å². The van der Waals surface area contributed by atoms with Gasteiger partial charge in [-0.1, -0.05) is 30.3 Å². The van der Waals surface area contributed by atoms with Crippen LogP contribution in [0.3, 0.4) is 0 Å². The topological polar surface area (TPSA) is 34.9 Å². The average molecular weight is 306 g/mol. The summed E-state index contributed by atoms with van der Waals surface area (Å²) in [6.45, 7) is 0.681. The Kier molecular flexibility index (Phi) is 4.43. The molecule has 0 aliphatic rings. The SMILES string of the molecule is O=C(/C=C/c1cnn(Cc2ccccc2)c1)c1ccc(F)cc1. The van der Waals surface area contributed by atoms with Crippen LogP contribution in [0.4, 0.5) is 4.39 Å². The Balaban J connectivity index is 1.66. The Labute approximate surface area is 133 Å². The first-order valence-corrected chi connectivity index (χ1v) is 7.25. The molecule has 0 saturated heterocycles. The third kappa shape index (κ3) is 4.01. The van der Waals surface area contributed by atoms with E-state index in [0.29, 0.717) is 12.1 Å². The molecule has 0 radical (unpaired) electrons. The largest absolute Gasteiger partial charge is 0.289 e. The normalized spacial score (nSPS) is 11.0. The van der Waals surface area contributed by atoms with Gasteiger partial charge in [-0.3, -0.25) is 9.48 Å².